The molecule has 2 aromatic rings. The summed E-state index contributed by atoms with van der Waals surface area (Å²) in [6.07, 6.45) is -4.38. The minimum Gasteiger partial charge on any atom is -0.365 e. The summed E-state index contributed by atoms with van der Waals surface area (Å²) in [5, 5.41) is 2.84. The van der Waals surface area contributed by atoms with Gasteiger partial charge in [0.25, 0.3) is 5.91 Å². The molecule has 0 saturated heterocycles. The Kier molecular flexibility index (Phi) is 4.75. The Bertz CT molecular complexity index is 948. The normalized spacial score (nSPS) is 17.9. The van der Waals surface area contributed by atoms with Gasteiger partial charge in [-0.1, -0.05) is 0 Å². The zero-order valence-electron chi connectivity index (χ0n) is 15.8. The lowest BCUT2D eigenvalue weighted by Crippen LogP contribution is -2.42. The van der Waals surface area contributed by atoms with Gasteiger partial charge in [0.1, 0.15) is 10.8 Å². The number of carbonyl (C=O) groups excluding carboxylic acids is 1. The maximum absolute atomic E-state index is 13.4. The standard InChI is InChI=1S/C19H20F4N2O2S/c1-17(2)8-10-13(15(24)26)16(28-14(10)18(3,4)27-17)25-12-6-5-9(20)7-11(12)19(21,22)23/h5-7,25H,8H2,1-4H3,(H2,24,26). The molecule has 0 saturated carbocycles. The summed E-state index contributed by atoms with van der Waals surface area (Å²) in [6.45, 7) is 7.40. The smallest absolute Gasteiger partial charge is 0.365 e. The number of alkyl halides is 3. The lowest BCUT2D eigenvalue weighted by atomic mass is 9.86. The molecule has 0 spiro atoms. The van der Waals surface area contributed by atoms with Gasteiger partial charge in [0.05, 0.1) is 28.0 Å². The molecule has 4 nitrogen and oxygen atoms in total. The third-order valence-electron chi connectivity index (χ3n) is 4.47. The van der Waals surface area contributed by atoms with Crippen LogP contribution in [0.15, 0.2) is 18.2 Å². The van der Waals surface area contributed by atoms with E-state index >= 15 is 0 Å². The quantitative estimate of drug-likeness (QED) is 0.665. The molecule has 0 radical (unpaired) electrons. The molecular formula is C19H20F4N2O2S. The number of fused-ring (bicyclic) bond motifs is 1. The van der Waals surface area contributed by atoms with Gasteiger partial charge in [0.2, 0.25) is 0 Å². The highest BCUT2D eigenvalue weighted by Crippen LogP contribution is 2.49. The van der Waals surface area contributed by atoms with Crippen LogP contribution in [0.3, 0.4) is 0 Å². The van der Waals surface area contributed by atoms with Crippen LogP contribution in [0.5, 0.6) is 0 Å². The van der Waals surface area contributed by atoms with Gasteiger partial charge >= 0.3 is 6.18 Å². The maximum Gasteiger partial charge on any atom is 0.418 e. The van der Waals surface area contributed by atoms with Crippen molar-refractivity contribution in [3.63, 3.8) is 0 Å². The molecule has 0 unspecified atom stereocenters. The van der Waals surface area contributed by atoms with E-state index in [9.17, 15) is 22.4 Å². The molecule has 0 atom stereocenters. The SMILES string of the molecule is CC1(C)Cc2c(sc(Nc3ccc(F)cc3C(F)(F)F)c2C(N)=O)C(C)(C)O1. The van der Waals surface area contributed by atoms with Crippen molar-refractivity contribution in [2.75, 3.05) is 5.32 Å². The molecule has 3 rings (SSSR count). The largest absolute Gasteiger partial charge is 0.418 e. The number of primary amides is 1. The second kappa shape index (κ2) is 6.45. The van der Waals surface area contributed by atoms with E-state index in [0.717, 1.165) is 28.3 Å². The third kappa shape index (κ3) is 3.73. The Hall–Kier alpha value is -2.13. The van der Waals surface area contributed by atoms with Crippen molar-refractivity contribution in [2.24, 2.45) is 5.73 Å². The van der Waals surface area contributed by atoms with Gasteiger partial charge in [-0.2, -0.15) is 13.2 Å². The molecule has 9 heteroatoms. The summed E-state index contributed by atoms with van der Waals surface area (Å²) in [6, 6.07) is 2.33. The molecule has 0 fully saturated rings. The number of nitrogens with two attached hydrogens (primary N) is 1. The molecule has 28 heavy (non-hydrogen) atoms. The van der Waals surface area contributed by atoms with Crippen LogP contribution in [0.4, 0.5) is 28.3 Å². The first-order valence-corrected chi connectivity index (χ1v) is 9.33. The van der Waals surface area contributed by atoms with E-state index in [1.165, 1.54) is 0 Å². The fourth-order valence-corrected chi connectivity index (χ4v) is 4.93. The lowest BCUT2D eigenvalue weighted by Gasteiger charge is -2.41. The maximum atomic E-state index is 13.4. The number of carbonyl (C=O) groups is 1. The molecule has 1 amide bonds. The van der Waals surface area contributed by atoms with Gasteiger partial charge in [0, 0.05) is 11.3 Å². The third-order valence-corrected chi connectivity index (χ3v) is 5.92. The van der Waals surface area contributed by atoms with Crippen LogP contribution in [-0.2, 0) is 22.9 Å². The average Bonchev–Trinajstić information content (AvgIpc) is 2.85. The molecule has 1 aliphatic rings. The number of ether oxygens (including phenoxy) is 1. The summed E-state index contributed by atoms with van der Waals surface area (Å²) in [5.41, 5.74) is 3.53. The first-order chi connectivity index (χ1) is 12.7. The zero-order chi connectivity index (χ0) is 21.1. The van der Waals surface area contributed by atoms with Gasteiger partial charge in [-0.05, 0) is 51.5 Å². The summed E-state index contributed by atoms with van der Waals surface area (Å²) < 4.78 is 59.4. The van der Waals surface area contributed by atoms with Gasteiger partial charge in [-0.25, -0.2) is 4.39 Å². The zero-order valence-corrected chi connectivity index (χ0v) is 16.6. The second-order valence-corrected chi connectivity index (χ2v) is 8.86. The first kappa shape index (κ1) is 20.6. The van der Waals surface area contributed by atoms with Crippen molar-refractivity contribution in [3.8, 4) is 0 Å². The summed E-state index contributed by atoms with van der Waals surface area (Å²) >= 11 is 1.12. The molecule has 3 N–H and O–H groups in total. The van der Waals surface area contributed by atoms with E-state index in [4.69, 9.17) is 10.5 Å². The van der Waals surface area contributed by atoms with E-state index in [1.807, 2.05) is 27.7 Å². The van der Waals surface area contributed by atoms with Crippen LogP contribution in [-0.4, -0.2) is 11.5 Å². The minimum absolute atomic E-state index is 0.141. The topological polar surface area (TPSA) is 64.3 Å². The van der Waals surface area contributed by atoms with Crippen molar-refractivity contribution >= 4 is 27.9 Å². The molecule has 2 heterocycles. The highest BCUT2D eigenvalue weighted by molar-refractivity contribution is 7.17. The Morgan fingerprint density at radius 2 is 1.89 bits per heavy atom. The predicted molar refractivity (Wildman–Crippen MR) is 99.4 cm³/mol. The van der Waals surface area contributed by atoms with E-state index in [-0.39, 0.29) is 16.3 Å². The summed E-state index contributed by atoms with van der Waals surface area (Å²) in [4.78, 5) is 12.9. The van der Waals surface area contributed by atoms with Crippen LogP contribution >= 0.6 is 11.3 Å². The number of amides is 1. The van der Waals surface area contributed by atoms with Crippen LogP contribution in [0.2, 0.25) is 0 Å². The number of hydrogen-bond acceptors (Lipinski definition) is 4. The Labute approximate surface area is 163 Å². The number of nitrogens with one attached hydrogen (secondary N) is 1. The van der Waals surface area contributed by atoms with Crippen LogP contribution < -0.4 is 11.1 Å². The molecule has 1 aliphatic heterocycles. The average molecular weight is 416 g/mol. The van der Waals surface area contributed by atoms with Crippen LogP contribution in [0, 0.1) is 5.82 Å². The Morgan fingerprint density at radius 3 is 2.46 bits per heavy atom. The van der Waals surface area contributed by atoms with Gasteiger partial charge in [0.15, 0.2) is 0 Å². The highest BCUT2D eigenvalue weighted by atomic mass is 32.1. The van der Waals surface area contributed by atoms with Crippen LogP contribution in [0.25, 0.3) is 0 Å². The van der Waals surface area contributed by atoms with Crippen molar-refractivity contribution < 1.29 is 27.1 Å². The number of thiophene rings is 1. The molecule has 152 valence electrons. The molecule has 1 aromatic carbocycles. The van der Waals surface area contributed by atoms with Crippen LogP contribution in [0.1, 0.15) is 54.1 Å². The number of halogens is 4. The minimum atomic E-state index is -4.77. The monoisotopic (exact) mass is 416 g/mol. The summed E-state index contributed by atoms with van der Waals surface area (Å²) in [5.74, 6) is -1.75. The van der Waals surface area contributed by atoms with Crippen molar-refractivity contribution in [1.29, 1.82) is 0 Å². The molecule has 0 aliphatic carbocycles. The Morgan fingerprint density at radius 1 is 1.25 bits per heavy atom. The van der Waals surface area contributed by atoms with Crippen molar-refractivity contribution in [2.45, 2.75) is 51.5 Å². The van der Waals surface area contributed by atoms with Gasteiger partial charge in [-0.15, -0.1) is 11.3 Å². The Balaban J connectivity index is 2.16. The molecule has 1 aromatic heterocycles. The predicted octanol–water partition coefficient (Wildman–Crippen LogP) is 5.33. The molecular weight excluding hydrogens is 396 g/mol. The number of rotatable bonds is 3. The van der Waals surface area contributed by atoms with E-state index in [2.05, 4.69) is 5.32 Å². The molecule has 0 bridgehead atoms. The van der Waals surface area contributed by atoms with Gasteiger partial charge in [-0.3, -0.25) is 4.79 Å². The van der Waals surface area contributed by atoms with E-state index in [0.29, 0.717) is 18.1 Å². The van der Waals surface area contributed by atoms with E-state index in [1.54, 1.807) is 0 Å². The highest BCUT2D eigenvalue weighted by Gasteiger charge is 2.43. The van der Waals surface area contributed by atoms with Gasteiger partial charge < -0.3 is 15.8 Å². The van der Waals surface area contributed by atoms with E-state index < -0.39 is 34.7 Å². The summed E-state index contributed by atoms with van der Waals surface area (Å²) in [7, 11) is 0. The first-order valence-electron chi connectivity index (χ1n) is 8.51. The van der Waals surface area contributed by atoms with Crippen molar-refractivity contribution in [1.82, 2.24) is 0 Å². The second-order valence-electron chi connectivity index (χ2n) is 7.84. The number of anilines is 2. The number of hydrogen-bond donors (Lipinski definition) is 2. The fraction of sp³-hybridized carbons (Fsp3) is 0.421. The lowest BCUT2D eigenvalue weighted by molar-refractivity contribution is -0.137. The number of benzene rings is 1. The van der Waals surface area contributed by atoms with Crippen molar-refractivity contribution in [3.05, 3.63) is 45.6 Å². The fourth-order valence-electron chi connectivity index (χ4n) is 3.65.